The van der Waals surface area contributed by atoms with Gasteiger partial charge in [0.1, 0.15) is 0 Å². The van der Waals surface area contributed by atoms with Gasteiger partial charge in [0.2, 0.25) is 0 Å². The number of ether oxygens (including phenoxy) is 1. The molecule has 0 N–H and O–H groups in total. The predicted octanol–water partition coefficient (Wildman–Crippen LogP) is 4.49. The highest BCUT2D eigenvalue weighted by atomic mass is 19.4. The molecular formula is C12H16F6O. The molecule has 0 fully saturated rings. The van der Waals surface area contributed by atoms with Crippen LogP contribution in [0.1, 0.15) is 26.2 Å². The first-order valence-electron chi connectivity index (χ1n) is 5.89. The maximum absolute atomic E-state index is 12.7. The summed E-state index contributed by atoms with van der Waals surface area (Å²) in [7, 11) is 1.32. The van der Waals surface area contributed by atoms with E-state index in [1.54, 1.807) is 0 Å². The quantitative estimate of drug-likeness (QED) is 0.549. The van der Waals surface area contributed by atoms with Gasteiger partial charge in [-0.25, -0.2) is 0 Å². The Morgan fingerprint density at radius 2 is 1.84 bits per heavy atom. The number of halogens is 6. The van der Waals surface area contributed by atoms with Gasteiger partial charge in [0.15, 0.2) is 0 Å². The van der Waals surface area contributed by atoms with Crippen molar-refractivity contribution >= 4 is 0 Å². The number of rotatable bonds is 3. The summed E-state index contributed by atoms with van der Waals surface area (Å²) >= 11 is 0. The van der Waals surface area contributed by atoms with E-state index >= 15 is 0 Å². The van der Waals surface area contributed by atoms with E-state index in [2.05, 4.69) is 0 Å². The second-order valence-electron chi connectivity index (χ2n) is 4.88. The Balaban J connectivity index is 2.91. The summed E-state index contributed by atoms with van der Waals surface area (Å²) in [6.45, 7) is 1.54. The average molecular weight is 290 g/mol. The van der Waals surface area contributed by atoms with Crippen LogP contribution in [-0.2, 0) is 4.74 Å². The van der Waals surface area contributed by atoms with E-state index in [9.17, 15) is 26.3 Å². The number of alkyl halides is 6. The Hall–Kier alpha value is -0.720. The van der Waals surface area contributed by atoms with Crippen molar-refractivity contribution in [3.63, 3.8) is 0 Å². The van der Waals surface area contributed by atoms with Gasteiger partial charge in [0.05, 0.1) is 12.0 Å². The number of methoxy groups -OCH3 is 1. The van der Waals surface area contributed by atoms with Gasteiger partial charge >= 0.3 is 12.4 Å². The molecule has 0 aromatic rings. The minimum absolute atomic E-state index is 0.285. The Kier molecular flexibility index (Phi) is 4.92. The Morgan fingerprint density at radius 1 is 1.26 bits per heavy atom. The molecule has 112 valence electrons. The van der Waals surface area contributed by atoms with Crippen molar-refractivity contribution in [3.05, 3.63) is 11.6 Å². The lowest BCUT2D eigenvalue weighted by atomic mass is 9.79. The van der Waals surface area contributed by atoms with E-state index in [1.807, 2.05) is 0 Å². The second kappa shape index (κ2) is 5.73. The van der Waals surface area contributed by atoms with Crippen molar-refractivity contribution in [2.45, 2.75) is 44.6 Å². The molecule has 0 amide bonds. The molecule has 1 rings (SSSR count). The zero-order chi connectivity index (χ0) is 14.8. The molecule has 19 heavy (non-hydrogen) atoms. The molecule has 0 radical (unpaired) electrons. The zero-order valence-electron chi connectivity index (χ0n) is 10.6. The zero-order valence-corrected chi connectivity index (χ0v) is 10.6. The lowest BCUT2D eigenvalue weighted by Gasteiger charge is -2.32. The van der Waals surface area contributed by atoms with Gasteiger partial charge in [-0.1, -0.05) is 6.08 Å². The van der Waals surface area contributed by atoms with E-state index in [4.69, 9.17) is 4.74 Å². The van der Waals surface area contributed by atoms with Crippen molar-refractivity contribution in [2.24, 2.45) is 11.8 Å². The SMILES string of the molecule is COC(C)C1=CC(CC(F)(F)F)CC(C(F)(F)F)C1. The van der Waals surface area contributed by atoms with Crippen LogP contribution in [0.15, 0.2) is 11.6 Å². The van der Waals surface area contributed by atoms with Gasteiger partial charge < -0.3 is 4.74 Å². The van der Waals surface area contributed by atoms with Crippen LogP contribution in [0.3, 0.4) is 0 Å². The molecule has 1 aliphatic rings. The summed E-state index contributed by atoms with van der Waals surface area (Å²) in [5, 5.41) is 0. The fraction of sp³-hybridized carbons (Fsp3) is 0.833. The van der Waals surface area contributed by atoms with Crippen molar-refractivity contribution in [1.82, 2.24) is 0 Å². The van der Waals surface area contributed by atoms with Crippen molar-refractivity contribution in [3.8, 4) is 0 Å². The van der Waals surface area contributed by atoms with Crippen LogP contribution in [-0.4, -0.2) is 25.6 Å². The first-order chi connectivity index (χ1) is 8.53. The molecule has 0 aliphatic heterocycles. The predicted molar refractivity (Wildman–Crippen MR) is 57.5 cm³/mol. The van der Waals surface area contributed by atoms with E-state index in [0.29, 0.717) is 5.57 Å². The number of hydrogen-bond acceptors (Lipinski definition) is 1. The summed E-state index contributed by atoms with van der Waals surface area (Å²) in [5.74, 6) is -2.86. The summed E-state index contributed by atoms with van der Waals surface area (Å²) < 4.78 is 80.1. The van der Waals surface area contributed by atoms with Crippen LogP contribution in [0.2, 0.25) is 0 Å². The van der Waals surface area contributed by atoms with Crippen LogP contribution in [0.25, 0.3) is 0 Å². The van der Waals surface area contributed by atoms with Crippen molar-refractivity contribution < 1.29 is 31.1 Å². The molecule has 1 aliphatic carbocycles. The molecule has 0 heterocycles. The molecule has 1 nitrogen and oxygen atoms in total. The van der Waals surface area contributed by atoms with E-state index < -0.39 is 43.1 Å². The molecule has 0 saturated carbocycles. The topological polar surface area (TPSA) is 9.23 Å². The Labute approximate surface area is 107 Å². The smallest absolute Gasteiger partial charge is 0.377 e. The fourth-order valence-electron chi connectivity index (χ4n) is 2.31. The van der Waals surface area contributed by atoms with Gasteiger partial charge in [-0.3, -0.25) is 0 Å². The van der Waals surface area contributed by atoms with E-state index in [0.717, 1.165) is 0 Å². The molecule has 0 aromatic carbocycles. The maximum Gasteiger partial charge on any atom is 0.392 e. The third-order valence-electron chi connectivity index (χ3n) is 3.35. The summed E-state index contributed by atoms with van der Waals surface area (Å²) in [5.41, 5.74) is 0.297. The van der Waals surface area contributed by atoms with Crippen molar-refractivity contribution in [2.75, 3.05) is 7.11 Å². The minimum Gasteiger partial charge on any atom is -0.377 e. The van der Waals surface area contributed by atoms with Gasteiger partial charge in [-0.2, -0.15) is 26.3 Å². The lowest BCUT2D eigenvalue weighted by Crippen LogP contribution is -2.32. The van der Waals surface area contributed by atoms with Crippen LogP contribution >= 0.6 is 0 Å². The lowest BCUT2D eigenvalue weighted by molar-refractivity contribution is -0.186. The van der Waals surface area contributed by atoms with Crippen molar-refractivity contribution in [1.29, 1.82) is 0 Å². The van der Waals surface area contributed by atoms with Gasteiger partial charge in [0, 0.05) is 13.5 Å². The molecule has 3 unspecified atom stereocenters. The first-order valence-corrected chi connectivity index (χ1v) is 5.89. The van der Waals surface area contributed by atoms with Gasteiger partial charge in [-0.15, -0.1) is 0 Å². The summed E-state index contributed by atoms with van der Waals surface area (Å²) in [6.07, 6.45) is -10.3. The number of hydrogen-bond donors (Lipinski definition) is 0. The van der Waals surface area contributed by atoms with Crippen LogP contribution in [0.4, 0.5) is 26.3 Å². The molecule has 3 atom stereocenters. The van der Waals surface area contributed by atoms with Crippen LogP contribution in [0, 0.1) is 11.8 Å². The Bertz CT molecular complexity index is 330. The largest absolute Gasteiger partial charge is 0.392 e. The normalized spacial score (nSPS) is 27.1. The highest BCUT2D eigenvalue weighted by Crippen LogP contribution is 2.43. The third-order valence-corrected chi connectivity index (χ3v) is 3.35. The molecule has 0 aromatic heterocycles. The molecule has 0 spiro atoms. The fourth-order valence-corrected chi connectivity index (χ4v) is 2.31. The molecule has 7 heteroatoms. The average Bonchev–Trinajstić information content (AvgIpc) is 2.24. The summed E-state index contributed by atoms with van der Waals surface area (Å²) in [6, 6.07) is 0. The monoisotopic (exact) mass is 290 g/mol. The molecule has 0 saturated heterocycles. The second-order valence-corrected chi connectivity index (χ2v) is 4.88. The molecule has 0 bridgehead atoms. The molecular weight excluding hydrogens is 274 g/mol. The minimum atomic E-state index is -4.48. The maximum atomic E-state index is 12.7. The standard InChI is InChI=1S/C12H16F6O/c1-7(19-2)9-3-8(6-11(13,14)15)4-10(5-9)12(16,17)18/h3,7-8,10H,4-6H2,1-2H3. The van der Waals surface area contributed by atoms with Crippen LogP contribution < -0.4 is 0 Å². The van der Waals surface area contributed by atoms with Crippen LogP contribution in [0.5, 0.6) is 0 Å². The Morgan fingerprint density at radius 3 is 2.26 bits per heavy atom. The van der Waals surface area contributed by atoms with Gasteiger partial charge in [-0.05, 0) is 31.3 Å². The van der Waals surface area contributed by atoms with Gasteiger partial charge in [0.25, 0.3) is 0 Å². The highest BCUT2D eigenvalue weighted by Gasteiger charge is 2.45. The van der Waals surface area contributed by atoms with E-state index in [1.165, 1.54) is 20.1 Å². The first kappa shape index (κ1) is 16.3. The number of allylic oxidation sites excluding steroid dienone is 1. The summed E-state index contributed by atoms with van der Waals surface area (Å²) in [4.78, 5) is 0. The third kappa shape index (κ3) is 5.04. The highest BCUT2D eigenvalue weighted by molar-refractivity contribution is 5.15. The van der Waals surface area contributed by atoms with E-state index in [-0.39, 0.29) is 6.42 Å².